The molecule has 1 N–H and O–H groups in total. The standard InChI is InChI=1S/C30H33N7O/c1-33-12-15-37-24(18-33)17-27(32-37)31-29-28(21-8-4-3-5-9-21)26(20-34(2)30(29)38)35-13-14-36-23(19-35)16-22-10-6-7-11-25(22)36/h3-5,8-9,13-14,16-17,20H,6-7,10-12,15,18-19H2,1-2H3,(H,31,32). The molecule has 0 radical (unpaired) electrons. The lowest BCUT2D eigenvalue weighted by molar-refractivity contribution is 0.259. The molecule has 0 atom stereocenters. The number of aromatic nitrogens is 4. The van der Waals surface area contributed by atoms with E-state index in [4.69, 9.17) is 5.10 Å². The maximum absolute atomic E-state index is 13.6. The van der Waals surface area contributed by atoms with Crippen LogP contribution < -0.4 is 15.8 Å². The molecular weight excluding hydrogens is 474 g/mol. The molecule has 2 aliphatic heterocycles. The SMILES string of the molecule is CN1CCn2nc(Nc3c(-c4ccccc4)c(N4C=Cn5c(cc6c5CCCC6)C4)cn(C)c3=O)cc2C1. The van der Waals surface area contributed by atoms with Crippen molar-refractivity contribution in [2.75, 3.05) is 23.8 Å². The summed E-state index contributed by atoms with van der Waals surface area (Å²) in [5, 5.41) is 8.25. The van der Waals surface area contributed by atoms with Crippen LogP contribution in [0.4, 0.5) is 17.2 Å². The van der Waals surface area contributed by atoms with Gasteiger partial charge in [0.25, 0.3) is 5.56 Å². The highest BCUT2D eigenvalue weighted by Crippen LogP contribution is 2.39. The number of hydrogen-bond acceptors (Lipinski definition) is 5. The maximum atomic E-state index is 13.6. The van der Waals surface area contributed by atoms with Crippen molar-refractivity contribution in [3.63, 3.8) is 0 Å². The molecule has 0 unspecified atom stereocenters. The summed E-state index contributed by atoms with van der Waals surface area (Å²) in [4.78, 5) is 18.2. The van der Waals surface area contributed by atoms with Gasteiger partial charge in [0.2, 0.25) is 0 Å². The third-order valence-corrected chi connectivity index (χ3v) is 8.12. The van der Waals surface area contributed by atoms with Crippen molar-refractivity contribution in [1.29, 1.82) is 0 Å². The number of anilines is 3. The molecule has 7 rings (SSSR count). The monoisotopic (exact) mass is 507 g/mol. The molecule has 8 heteroatoms. The summed E-state index contributed by atoms with van der Waals surface area (Å²) in [5.41, 5.74) is 8.76. The highest BCUT2D eigenvalue weighted by atomic mass is 16.1. The van der Waals surface area contributed by atoms with Gasteiger partial charge in [-0.1, -0.05) is 30.3 Å². The average molecular weight is 508 g/mol. The van der Waals surface area contributed by atoms with Crippen LogP contribution >= 0.6 is 0 Å². The first kappa shape index (κ1) is 23.1. The predicted molar refractivity (Wildman–Crippen MR) is 152 cm³/mol. The van der Waals surface area contributed by atoms with Gasteiger partial charge in [0, 0.05) is 61.8 Å². The zero-order valence-corrected chi connectivity index (χ0v) is 22.0. The molecule has 1 aromatic carbocycles. The third kappa shape index (κ3) is 3.87. The smallest absolute Gasteiger partial charge is 0.274 e. The van der Waals surface area contributed by atoms with Crippen LogP contribution in [0.15, 0.2) is 59.7 Å². The van der Waals surface area contributed by atoms with Crippen molar-refractivity contribution >= 4 is 23.4 Å². The summed E-state index contributed by atoms with van der Waals surface area (Å²) in [7, 11) is 3.95. The van der Waals surface area contributed by atoms with Crippen molar-refractivity contribution in [3.05, 3.63) is 87.9 Å². The van der Waals surface area contributed by atoms with E-state index >= 15 is 0 Å². The minimum absolute atomic E-state index is 0.0736. The average Bonchev–Trinajstić information content (AvgIpc) is 3.51. The topological polar surface area (TPSA) is 63.3 Å². The second-order valence-corrected chi connectivity index (χ2v) is 10.8. The Hall–Kier alpha value is -4.04. The minimum Gasteiger partial charge on any atom is -0.339 e. The highest BCUT2D eigenvalue weighted by molar-refractivity contribution is 5.90. The summed E-state index contributed by atoms with van der Waals surface area (Å²) >= 11 is 0. The third-order valence-electron chi connectivity index (χ3n) is 8.12. The number of nitrogens with zero attached hydrogens (tertiary/aromatic N) is 6. The van der Waals surface area contributed by atoms with Gasteiger partial charge in [-0.05, 0) is 49.9 Å². The van der Waals surface area contributed by atoms with E-state index < -0.39 is 0 Å². The number of benzene rings is 1. The van der Waals surface area contributed by atoms with Gasteiger partial charge < -0.3 is 19.4 Å². The van der Waals surface area contributed by atoms with Crippen LogP contribution in [0.3, 0.4) is 0 Å². The molecule has 0 spiro atoms. The highest BCUT2D eigenvalue weighted by Gasteiger charge is 2.26. The molecule has 3 aliphatic rings. The number of hydrogen-bond donors (Lipinski definition) is 1. The minimum atomic E-state index is -0.0736. The lowest BCUT2D eigenvalue weighted by atomic mass is 9.98. The Morgan fingerprint density at radius 1 is 0.921 bits per heavy atom. The second-order valence-electron chi connectivity index (χ2n) is 10.8. The first-order chi connectivity index (χ1) is 18.5. The summed E-state index contributed by atoms with van der Waals surface area (Å²) in [6, 6.07) is 14.6. The molecule has 3 aromatic heterocycles. The van der Waals surface area contributed by atoms with Crippen LogP contribution in [0.1, 0.15) is 35.5 Å². The first-order valence-electron chi connectivity index (χ1n) is 13.5. The van der Waals surface area contributed by atoms with Crippen molar-refractivity contribution in [2.45, 2.75) is 45.3 Å². The van der Waals surface area contributed by atoms with E-state index in [2.05, 4.69) is 63.4 Å². The van der Waals surface area contributed by atoms with Gasteiger partial charge in [0.05, 0.1) is 24.5 Å². The van der Waals surface area contributed by atoms with Crippen molar-refractivity contribution in [2.24, 2.45) is 7.05 Å². The normalized spacial score (nSPS) is 16.7. The summed E-state index contributed by atoms with van der Waals surface area (Å²) < 4.78 is 6.10. The van der Waals surface area contributed by atoms with E-state index in [1.54, 1.807) is 4.57 Å². The first-order valence-corrected chi connectivity index (χ1v) is 13.5. The van der Waals surface area contributed by atoms with Gasteiger partial charge in [0.15, 0.2) is 5.82 Å². The largest absolute Gasteiger partial charge is 0.339 e. The van der Waals surface area contributed by atoms with Crippen molar-refractivity contribution in [3.8, 4) is 11.1 Å². The summed E-state index contributed by atoms with van der Waals surface area (Å²) in [6.07, 6.45) is 11.1. The van der Waals surface area contributed by atoms with E-state index in [1.807, 2.05) is 36.1 Å². The summed E-state index contributed by atoms with van der Waals surface area (Å²) in [6.45, 7) is 3.42. The van der Waals surface area contributed by atoms with Crippen LogP contribution in [0.2, 0.25) is 0 Å². The number of likely N-dealkylation sites (N-methyl/N-ethyl adjacent to an activating group) is 1. The van der Waals surface area contributed by atoms with Crippen LogP contribution in [0.25, 0.3) is 17.3 Å². The molecule has 38 heavy (non-hydrogen) atoms. The molecule has 0 bridgehead atoms. The Labute approximate surface area is 222 Å². The van der Waals surface area contributed by atoms with Gasteiger partial charge in [-0.2, -0.15) is 5.10 Å². The van der Waals surface area contributed by atoms with E-state index in [9.17, 15) is 4.79 Å². The molecule has 0 fully saturated rings. The molecule has 8 nitrogen and oxygen atoms in total. The fraction of sp³-hybridized carbons (Fsp3) is 0.333. The number of fused-ring (bicyclic) bond motifs is 4. The molecule has 0 amide bonds. The molecule has 4 aromatic rings. The maximum Gasteiger partial charge on any atom is 0.274 e. The Kier molecular flexibility index (Phi) is 5.51. The zero-order valence-electron chi connectivity index (χ0n) is 22.0. The van der Waals surface area contributed by atoms with Gasteiger partial charge in [-0.3, -0.25) is 14.4 Å². The Balaban J connectivity index is 1.34. The fourth-order valence-corrected chi connectivity index (χ4v) is 6.17. The summed E-state index contributed by atoms with van der Waals surface area (Å²) in [5.74, 6) is 0.706. The number of nitrogens with one attached hydrogen (secondary N) is 1. The van der Waals surface area contributed by atoms with Gasteiger partial charge in [-0.25, -0.2) is 0 Å². The molecule has 5 heterocycles. The van der Waals surface area contributed by atoms with Crippen LogP contribution in [-0.2, 0) is 39.5 Å². The predicted octanol–water partition coefficient (Wildman–Crippen LogP) is 4.57. The number of aryl methyl sites for hydroxylation is 2. The lowest BCUT2D eigenvalue weighted by Crippen LogP contribution is -2.30. The van der Waals surface area contributed by atoms with Gasteiger partial charge >= 0.3 is 0 Å². The van der Waals surface area contributed by atoms with Crippen molar-refractivity contribution in [1.82, 2.24) is 23.8 Å². The molecule has 1 aliphatic carbocycles. The number of pyridine rings is 1. The van der Waals surface area contributed by atoms with Crippen molar-refractivity contribution < 1.29 is 0 Å². The van der Waals surface area contributed by atoms with E-state index in [0.717, 1.165) is 61.5 Å². The van der Waals surface area contributed by atoms with E-state index in [-0.39, 0.29) is 5.56 Å². The van der Waals surface area contributed by atoms with Crippen LogP contribution in [0, 0.1) is 0 Å². The Morgan fingerprint density at radius 2 is 1.76 bits per heavy atom. The lowest BCUT2D eigenvalue weighted by Gasteiger charge is -2.29. The zero-order chi connectivity index (χ0) is 25.8. The molecule has 0 saturated carbocycles. The van der Waals surface area contributed by atoms with Gasteiger partial charge in [0.1, 0.15) is 5.69 Å². The molecular formula is C30H33N7O. The van der Waals surface area contributed by atoms with Crippen LogP contribution in [0.5, 0.6) is 0 Å². The Bertz CT molecular complexity index is 1610. The second kappa shape index (κ2) is 9.06. The van der Waals surface area contributed by atoms with E-state index in [1.165, 1.54) is 29.8 Å². The quantitative estimate of drug-likeness (QED) is 0.439. The van der Waals surface area contributed by atoms with Gasteiger partial charge in [-0.15, -0.1) is 0 Å². The fourth-order valence-electron chi connectivity index (χ4n) is 6.17. The van der Waals surface area contributed by atoms with E-state index in [0.29, 0.717) is 11.5 Å². The molecule has 0 saturated heterocycles. The Morgan fingerprint density at radius 3 is 2.63 bits per heavy atom. The van der Waals surface area contributed by atoms with Crippen LogP contribution in [-0.4, -0.2) is 37.4 Å². The number of rotatable bonds is 4. The molecule has 194 valence electrons.